The van der Waals surface area contributed by atoms with E-state index in [2.05, 4.69) is 11.1 Å². The summed E-state index contributed by atoms with van der Waals surface area (Å²) in [5, 5.41) is 2.12. The van der Waals surface area contributed by atoms with Crippen molar-refractivity contribution < 1.29 is 11.0 Å². The molecule has 2 aromatic heterocycles. The lowest BCUT2D eigenvalue weighted by molar-refractivity contribution is 0.0519. The Balaban J connectivity index is 0.00000169. The highest BCUT2D eigenvalue weighted by Crippen LogP contribution is 2.31. The van der Waals surface area contributed by atoms with Crippen molar-refractivity contribution in [1.29, 1.82) is 0 Å². The van der Waals surface area contributed by atoms with E-state index < -0.39 is 0 Å². The van der Waals surface area contributed by atoms with Crippen LogP contribution in [0.25, 0.3) is 27.5 Å². The van der Waals surface area contributed by atoms with E-state index in [4.69, 9.17) is 4.74 Å². The predicted octanol–water partition coefficient (Wildman–Crippen LogP) is 4.53. The third-order valence-electron chi connectivity index (χ3n) is 3.99. The lowest BCUT2D eigenvalue weighted by Crippen LogP contribution is -2.11. The van der Waals surface area contributed by atoms with Gasteiger partial charge in [0.1, 0.15) is 0 Å². The Labute approximate surface area is 134 Å². The SMILES string of the molecule is CCOC(=O)c1c2[nH]c3ccccc3c2cn1-c1ccccc1.[HH]. The number of hydrogen-bond acceptors (Lipinski definition) is 2. The molecule has 1 N–H and O–H groups in total. The van der Waals surface area contributed by atoms with Gasteiger partial charge in [-0.1, -0.05) is 36.4 Å². The Kier molecular flexibility index (Phi) is 3.15. The summed E-state index contributed by atoms with van der Waals surface area (Å²) in [5.74, 6) is -0.321. The standard InChI is InChI=1S/C19H16N2O2.H2/c1-2-23-19(22)18-17-15(14-10-6-7-11-16(14)20-17)12-21(18)13-8-4-3-5-9-13;/h3-12,20H,2H2,1H3;1H. The average Bonchev–Trinajstić information content (AvgIpc) is 3.11. The van der Waals surface area contributed by atoms with Crippen LogP contribution in [0.3, 0.4) is 0 Å². The third kappa shape index (κ3) is 2.11. The zero-order valence-electron chi connectivity index (χ0n) is 12.7. The number of para-hydroxylation sites is 2. The molecule has 0 bridgehead atoms. The van der Waals surface area contributed by atoms with Gasteiger partial charge in [0, 0.05) is 29.6 Å². The first kappa shape index (κ1) is 13.6. The maximum absolute atomic E-state index is 12.5. The number of carbonyl (C=O) groups is 1. The highest BCUT2D eigenvalue weighted by Gasteiger charge is 2.22. The summed E-state index contributed by atoms with van der Waals surface area (Å²) >= 11 is 0. The van der Waals surface area contributed by atoms with E-state index in [-0.39, 0.29) is 7.40 Å². The van der Waals surface area contributed by atoms with Gasteiger partial charge in [-0.2, -0.15) is 0 Å². The fourth-order valence-corrected chi connectivity index (χ4v) is 2.99. The minimum absolute atomic E-state index is 0. The van der Waals surface area contributed by atoms with Gasteiger partial charge in [0.2, 0.25) is 0 Å². The number of nitrogens with zero attached hydrogens (tertiary/aromatic N) is 1. The third-order valence-corrected chi connectivity index (χ3v) is 3.99. The zero-order chi connectivity index (χ0) is 15.8. The molecule has 4 nitrogen and oxygen atoms in total. The fraction of sp³-hybridized carbons (Fsp3) is 0.105. The number of aromatic nitrogens is 2. The first-order valence-corrected chi connectivity index (χ1v) is 7.64. The van der Waals surface area contributed by atoms with Gasteiger partial charge in [-0.05, 0) is 25.1 Å². The smallest absolute Gasteiger partial charge is 0.357 e. The van der Waals surface area contributed by atoms with Crippen LogP contribution in [0.5, 0.6) is 0 Å². The van der Waals surface area contributed by atoms with Gasteiger partial charge in [0.15, 0.2) is 5.69 Å². The molecule has 0 amide bonds. The molecule has 4 aromatic rings. The molecule has 0 spiro atoms. The van der Waals surface area contributed by atoms with E-state index in [1.807, 2.05) is 66.2 Å². The van der Waals surface area contributed by atoms with Gasteiger partial charge in [0.25, 0.3) is 0 Å². The summed E-state index contributed by atoms with van der Waals surface area (Å²) < 4.78 is 7.17. The van der Waals surface area contributed by atoms with Crippen LogP contribution in [0, 0.1) is 0 Å². The Morgan fingerprint density at radius 2 is 1.83 bits per heavy atom. The molecule has 0 saturated heterocycles. The molecular weight excluding hydrogens is 288 g/mol. The van der Waals surface area contributed by atoms with E-state index in [0.29, 0.717) is 12.3 Å². The molecule has 0 aliphatic heterocycles. The first-order chi connectivity index (χ1) is 11.3. The number of esters is 1. The molecule has 0 atom stereocenters. The molecule has 2 aromatic carbocycles. The van der Waals surface area contributed by atoms with Gasteiger partial charge < -0.3 is 14.3 Å². The lowest BCUT2D eigenvalue weighted by Gasteiger charge is -2.08. The molecule has 0 radical (unpaired) electrons. The topological polar surface area (TPSA) is 47.0 Å². The summed E-state index contributed by atoms with van der Waals surface area (Å²) in [6.45, 7) is 2.16. The number of fused-ring (bicyclic) bond motifs is 3. The summed E-state index contributed by atoms with van der Waals surface area (Å²) in [6.07, 6.45) is 2.00. The van der Waals surface area contributed by atoms with Crippen molar-refractivity contribution in [2.24, 2.45) is 0 Å². The van der Waals surface area contributed by atoms with Gasteiger partial charge in [-0.3, -0.25) is 0 Å². The van der Waals surface area contributed by atoms with Crippen LogP contribution >= 0.6 is 0 Å². The van der Waals surface area contributed by atoms with E-state index >= 15 is 0 Å². The number of benzene rings is 2. The monoisotopic (exact) mass is 306 g/mol. The van der Waals surface area contributed by atoms with Crippen LogP contribution in [0.4, 0.5) is 0 Å². The maximum Gasteiger partial charge on any atom is 0.357 e. The molecule has 23 heavy (non-hydrogen) atoms. The molecule has 0 fully saturated rings. The number of H-pyrrole nitrogens is 1. The van der Waals surface area contributed by atoms with Crippen molar-refractivity contribution in [2.75, 3.05) is 6.61 Å². The minimum Gasteiger partial charge on any atom is -0.461 e. The summed E-state index contributed by atoms with van der Waals surface area (Å²) in [5.41, 5.74) is 3.30. The molecular formula is C19H18N2O2. The number of carbonyl (C=O) groups excluding carboxylic acids is 1. The minimum atomic E-state index is -0.321. The normalized spacial score (nSPS) is 11.2. The second-order valence-corrected chi connectivity index (χ2v) is 5.36. The second-order valence-electron chi connectivity index (χ2n) is 5.36. The van der Waals surface area contributed by atoms with Crippen molar-refractivity contribution in [3.63, 3.8) is 0 Å². The van der Waals surface area contributed by atoms with Crippen LogP contribution < -0.4 is 0 Å². The summed E-state index contributed by atoms with van der Waals surface area (Å²) in [6, 6.07) is 17.9. The Hall–Kier alpha value is -3.01. The second kappa shape index (κ2) is 5.32. The molecule has 4 heteroatoms. The van der Waals surface area contributed by atoms with Gasteiger partial charge >= 0.3 is 5.97 Å². The first-order valence-electron chi connectivity index (χ1n) is 7.64. The Bertz CT molecular complexity index is 1000. The summed E-state index contributed by atoms with van der Waals surface area (Å²) in [7, 11) is 0. The number of rotatable bonds is 3. The largest absolute Gasteiger partial charge is 0.461 e. The number of aromatic amines is 1. The summed E-state index contributed by atoms with van der Waals surface area (Å²) in [4.78, 5) is 15.9. The Morgan fingerprint density at radius 3 is 2.61 bits per heavy atom. The van der Waals surface area contributed by atoms with E-state index in [1.54, 1.807) is 0 Å². The van der Waals surface area contributed by atoms with E-state index in [0.717, 1.165) is 27.5 Å². The van der Waals surface area contributed by atoms with Gasteiger partial charge in [0.05, 0.1) is 12.1 Å². The van der Waals surface area contributed by atoms with Crippen LogP contribution in [-0.4, -0.2) is 22.1 Å². The number of nitrogens with one attached hydrogen (secondary N) is 1. The van der Waals surface area contributed by atoms with Crippen LogP contribution in [0.1, 0.15) is 18.8 Å². The molecule has 0 unspecified atom stereocenters. The Morgan fingerprint density at radius 1 is 1.09 bits per heavy atom. The predicted molar refractivity (Wildman–Crippen MR) is 93.2 cm³/mol. The van der Waals surface area contributed by atoms with Crippen molar-refractivity contribution in [3.8, 4) is 5.69 Å². The van der Waals surface area contributed by atoms with Crippen molar-refractivity contribution >= 4 is 27.8 Å². The molecule has 2 heterocycles. The van der Waals surface area contributed by atoms with Crippen LogP contribution in [0.15, 0.2) is 60.8 Å². The average molecular weight is 306 g/mol. The lowest BCUT2D eigenvalue weighted by atomic mass is 10.2. The van der Waals surface area contributed by atoms with Crippen LogP contribution in [-0.2, 0) is 4.74 Å². The highest BCUT2D eigenvalue weighted by molar-refractivity contribution is 6.14. The van der Waals surface area contributed by atoms with Gasteiger partial charge in [-0.25, -0.2) is 4.79 Å². The van der Waals surface area contributed by atoms with Crippen molar-refractivity contribution in [1.82, 2.24) is 9.55 Å². The highest BCUT2D eigenvalue weighted by atomic mass is 16.5. The molecule has 0 aliphatic rings. The maximum atomic E-state index is 12.5. The quantitative estimate of drug-likeness (QED) is 0.565. The van der Waals surface area contributed by atoms with E-state index in [9.17, 15) is 4.79 Å². The zero-order valence-corrected chi connectivity index (χ0v) is 12.7. The van der Waals surface area contributed by atoms with Crippen LogP contribution in [0.2, 0.25) is 0 Å². The number of ether oxygens (including phenoxy) is 1. The van der Waals surface area contributed by atoms with Crippen molar-refractivity contribution in [2.45, 2.75) is 6.92 Å². The molecule has 0 aliphatic carbocycles. The van der Waals surface area contributed by atoms with Gasteiger partial charge in [-0.15, -0.1) is 0 Å². The number of hydrogen-bond donors (Lipinski definition) is 1. The fourth-order valence-electron chi connectivity index (χ4n) is 2.99. The molecule has 0 saturated carbocycles. The molecule has 116 valence electrons. The van der Waals surface area contributed by atoms with Crippen molar-refractivity contribution in [3.05, 3.63) is 66.5 Å². The van der Waals surface area contributed by atoms with E-state index in [1.165, 1.54) is 0 Å². The molecule has 4 rings (SSSR count).